The molecule has 110 valence electrons. The lowest BCUT2D eigenvalue weighted by Gasteiger charge is -2.18. The predicted molar refractivity (Wildman–Crippen MR) is 72.0 cm³/mol. The molecule has 0 radical (unpaired) electrons. The second-order valence-corrected chi connectivity index (χ2v) is 4.96. The molecular weight excluding hydrogens is 275 g/mol. The van der Waals surface area contributed by atoms with E-state index >= 15 is 0 Å². The van der Waals surface area contributed by atoms with Gasteiger partial charge in [0.2, 0.25) is 0 Å². The quantitative estimate of drug-likeness (QED) is 0.922. The summed E-state index contributed by atoms with van der Waals surface area (Å²) in [7, 11) is 1.82. The molecule has 7 heteroatoms. The highest BCUT2D eigenvalue weighted by Gasteiger charge is 2.32. The Kier molecular flexibility index (Phi) is 3.66. The molecule has 1 saturated heterocycles. The molecule has 1 aliphatic heterocycles. The summed E-state index contributed by atoms with van der Waals surface area (Å²) >= 11 is 0. The lowest BCUT2D eigenvalue weighted by Crippen LogP contribution is -2.37. The van der Waals surface area contributed by atoms with Gasteiger partial charge in [-0.1, -0.05) is 0 Å². The molecule has 0 spiro atoms. The molecule has 1 aliphatic rings. The van der Waals surface area contributed by atoms with Crippen molar-refractivity contribution < 1.29 is 13.9 Å². The van der Waals surface area contributed by atoms with Gasteiger partial charge in [-0.2, -0.15) is 5.10 Å². The summed E-state index contributed by atoms with van der Waals surface area (Å²) in [5.41, 5.74) is 0.886. The first kappa shape index (κ1) is 13.7. The maximum Gasteiger partial charge on any atom is 0.254 e. The van der Waals surface area contributed by atoms with Gasteiger partial charge in [0, 0.05) is 31.6 Å². The van der Waals surface area contributed by atoms with Crippen LogP contribution in [-0.2, 0) is 11.8 Å². The lowest BCUT2D eigenvalue weighted by atomic mass is 10.0. The van der Waals surface area contributed by atoms with E-state index < -0.39 is 11.7 Å². The van der Waals surface area contributed by atoms with E-state index in [4.69, 9.17) is 4.74 Å². The summed E-state index contributed by atoms with van der Waals surface area (Å²) in [5.74, 6) is -1.09. The number of aryl methyl sites for hydroxylation is 1. The normalized spacial score (nSPS) is 21.4. The monoisotopic (exact) mass is 290 g/mol. The molecule has 21 heavy (non-hydrogen) atoms. The molecule has 1 amide bonds. The Hall–Kier alpha value is -2.28. The largest absolute Gasteiger partial charge is 0.371 e. The Balaban J connectivity index is 1.75. The van der Waals surface area contributed by atoms with Gasteiger partial charge < -0.3 is 10.1 Å². The third kappa shape index (κ3) is 2.78. The molecular formula is C14H15FN4O2. The van der Waals surface area contributed by atoms with Crippen LogP contribution in [0.15, 0.2) is 30.9 Å². The minimum absolute atomic E-state index is 0.0122. The van der Waals surface area contributed by atoms with E-state index in [1.807, 2.05) is 13.2 Å². The van der Waals surface area contributed by atoms with Crippen LogP contribution in [0, 0.1) is 5.82 Å². The van der Waals surface area contributed by atoms with Gasteiger partial charge in [0.05, 0.1) is 24.0 Å². The lowest BCUT2D eigenvalue weighted by molar-refractivity contribution is 0.0818. The fourth-order valence-electron chi connectivity index (χ4n) is 2.46. The van der Waals surface area contributed by atoms with Gasteiger partial charge >= 0.3 is 0 Å². The van der Waals surface area contributed by atoms with Gasteiger partial charge in [-0.15, -0.1) is 0 Å². The SMILES string of the molecule is Cn1cc([C@H]2OCC[C@@H]2NC(=O)c2ccncc2F)cn1. The highest BCUT2D eigenvalue weighted by atomic mass is 19.1. The van der Waals surface area contributed by atoms with Crippen LogP contribution in [0.25, 0.3) is 0 Å². The second-order valence-electron chi connectivity index (χ2n) is 4.96. The van der Waals surface area contributed by atoms with Crippen molar-refractivity contribution in [3.63, 3.8) is 0 Å². The van der Waals surface area contributed by atoms with Crippen LogP contribution in [0.3, 0.4) is 0 Å². The third-order valence-corrected chi connectivity index (χ3v) is 3.48. The molecule has 0 aliphatic carbocycles. The number of rotatable bonds is 3. The van der Waals surface area contributed by atoms with E-state index in [-0.39, 0.29) is 17.7 Å². The maximum atomic E-state index is 13.6. The number of amides is 1. The van der Waals surface area contributed by atoms with E-state index in [1.165, 1.54) is 12.3 Å². The Morgan fingerprint density at radius 1 is 1.52 bits per heavy atom. The number of hydrogen-bond acceptors (Lipinski definition) is 4. The highest BCUT2D eigenvalue weighted by molar-refractivity contribution is 5.94. The number of carbonyl (C=O) groups excluding carboxylic acids is 1. The topological polar surface area (TPSA) is 69.0 Å². The van der Waals surface area contributed by atoms with Crippen LogP contribution in [0.4, 0.5) is 4.39 Å². The first-order valence-electron chi connectivity index (χ1n) is 6.65. The minimum Gasteiger partial charge on any atom is -0.371 e. The molecule has 2 aromatic heterocycles. The number of nitrogens with zero attached hydrogens (tertiary/aromatic N) is 3. The molecule has 3 rings (SSSR count). The smallest absolute Gasteiger partial charge is 0.254 e. The average Bonchev–Trinajstić information content (AvgIpc) is 3.08. The summed E-state index contributed by atoms with van der Waals surface area (Å²) in [4.78, 5) is 15.8. The zero-order valence-corrected chi connectivity index (χ0v) is 11.5. The van der Waals surface area contributed by atoms with Crippen molar-refractivity contribution in [1.29, 1.82) is 0 Å². The van der Waals surface area contributed by atoms with Crippen molar-refractivity contribution in [1.82, 2.24) is 20.1 Å². The Morgan fingerprint density at radius 2 is 2.38 bits per heavy atom. The number of ether oxygens (including phenoxy) is 1. The van der Waals surface area contributed by atoms with Gasteiger partial charge in [0.1, 0.15) is 6.10 Å². The summed E-state index contributed by atoms with van der Waals surface area (Å²) in [6.07, 6.45) is 6.40. The number of pyridine rings is 1. The van der Waals surface area contributed by atoms with Gasteiger partial charge in [0.15, 0.2) is 5.82 Å². The molecule has 3 heterocycles. The minimum atomic E-state index is -0.633. The van der Waals surface area contributed by atoms with Gasteiger partial charge in [-0.3, -0.25) is 14.5 Å². The van der Waals surface area contributed by atoms with Gasteiger partial charge in [0.25, 0.3) is 5.91 Å². The Morgan fingerprint density at radius 3 is 3.10 bits per heavy atom. The van der Waals surface area contributed by atoms with Gasteiger partial charge in [-0.25, -0.2) is 4.39 Å². The Bertz CT molecular complexity index is 658. The predicted octanol–water partition coefficient (Wildman–Crippen LogP) is 1.21. The molecule has 6 nitrogen and oxygen atoms in total. The maximum absolute atomic E-state index is 13.6. The van der Waals surface area contributed by atoms with Crippen LogP contribution in [0.1, 0.15) is 28.4 Å². The number of nitrogens with one attached hydrogen (secondary N) is 1. The zero-order valence-electron chi connectivity index (χ0n) is 11.5. The van der Waals surface area contributed by atoms with E-state index in [2.05, 4.69) is 15.4 Å². The summed E-state index contributed by atoms with van der Waals surface area (Å²) < 4.78 is 20.9. The van der Waals surface area contributed by atoms with E-state index in [9.17, 15) is 9.18 Å². The van der Waals surface area contributed by atoms with E-state index in [0.717, 1.165) is 11.8 Å². The van der Waals surface area contributed by atoms with Crippen molar-refractivity contribution in [2.24, 2.45) is 7.05 Å². The molecule has 0 saturated carbocycles. The van der Waals surface area contributed by atoms with Crippen LogP contribution in [-0.4, -0.2) is 33.3 Å². The van der Waals surface area contributed by atoms with Gasteiger partial charge in [-0.05, 0) is 12.5 Å². The number of carbonyl (C=O) groups is 1. The third-order valence-electron chi connectivity index (χ3n) is 3.48. The molecule has 0 bridgehead atoms. The zero-order chi connectivity index (χ0) is 14.8. The second kappa shape index (κ2) is 5.61. The number of halogens is 1. The molecule has 2 atom stereocenters. The molecule has 1 N–H and O–H groups in total. The van der Waals surface area contributed by atoms with E-state index in [0.29, 0.717) is 13.0 Å². The van der Waals surface area contributed by atoms with Crippen molar-refractivity contribution >= 4 is 5.91 Å². The first-order chi connectivity index (χ1) is 10.1. The van der Waals surface area contributed by atoms with Crippen molar-refractivity contribution in [3.8, 4) is 0 Å². The highest BCUT2D eigenvalue weighted by Crippen LogP contribution is 2.29. The Labute approximate surface area is 120 Å². The van der Waals surface area contributed by atoms with E-state index in [1.54, 1.807) is 10.9 Å². The number of hydrogen-bond donors (Lipinski definition) is 1. The number of aromatic nitrogens is 3. The first-order valence-corrected chi connectivity index (χ1v) is 6.65. The summed E-state index contributed by atoms with van der Waals surface area (Å²) in [6.45, 7) is 0.545. The van der Waals surface area contributed by atoms with Crippen LogP contribution < -0.4 is 5.32 Å². The fourth-order valence-corrected chi connectivity index (χ4v) is 2.46. The molecule has 0 unspecified atom stereocenters. The van der Waals surface area contributed by atoms with Crippen LogP contribution in [0.2, 0.25) is 0 Å². The summed E-state index contributed by atoms with van der Waals surface area (Å²) in [6, 6.07) is 1.16. The van der Waals surface area contributed by atoms with Crippen molar-refractivity contribution in [2.45, 2.75) is 18.6 Å². The molecule has 0 aromatic carbocycles. The standard InChI is InChI=1S/C14H15FN4O2/c1-19-8-9(6-17-19)13-12(3-5-21-13)18-14(20)10-2-4-16-7-11(10)15/h2,4,6-8,12-13H,3,5H2,1H3,(H,18,20)/t12-,13+/m0/s1. The van der Waals surface area contributed by atoms with Crippen molar-refractivity contribution in [3.05, 3.63) is 47.8 Å². The van der Waals surface area contributed by atoms with Crippen LogP contribution >= 0.6 is 0 Å². The molecule has 2 aromatic rings. The van der Waals surface area contributed by atoms with Crippen molar-refractivity contribution in [2.75, 3.05) is 6.61 Å². The summed E-state index contributed by atoms with van der Waals surface area (Å²) in [5, 5.41) is 6.93. The average molecular weight is 290 g/mol. The van der Waals surface area contributed by atoms with Crippen LogP contribution in [0.5, 0.6) is 0 Å². The fraction of sp³-hybridized carbons (Fsp3) is 0.357. The molecule has 1 fully saturated rings.